The highest BCUT2D eigenvalue weighted by molar-refractivity contribution is 5.97. The van der Waals surface area contributed by atoms with Crippen LogP contribution in [0.3, 0.4) is 0 Å². The van der Waals surface area contributed by atoms with E-state index in [9.17, 15) is 48.6 Å². The zero-order valence-corrected chi connectivity index (χ0v) is 35.4. The first kappa shape index (κ1) is 50.7. The van der Waals surface area contributed by atoms with Crippen molar-refractivity contribution in [2.45, 2.75) is 108 Å². The number of hydrogen-bond donors (Lipinski definition) is 11. The van der Waals surface area contributed by atoms with Crippen LogP contribution in [0, 0.1) is 5.92 Å². The molecule has 21 nitrogen and oxygen atoms in total. The van der Waals surface area contributed by atoms with Crippen molar-refractivity contribution >= 4 is 53.3 Å². The predicted octanol–water partition coefficient (Wildman–Crippen LogP) is -2.13. The van der Waals surface area contributed by atoms with E-state index < -0.39 is 103 Å². The lowest BCUT2D eigenvalue weighted by Gasteiger charge is -2.29. The monoisotopic (exact) mass is 880 g/mol. The predicted molar refractivity (Wildman–Crippen MR) is 229 cm³/mol. The number of aliphatic hydroxyl groups excluding tert-OH is 1. The molecule has 2 aromatic carbocycles. The van der Waals surface area contributed by atoms with Crippen LogP contribution in [0.4, 0.5) is 0 Å². The van der Waals surface area contributed by atoms with Crippen LogP contribution >= 0.6 is 0 Å². The molecule has 0 aliphatic carbocycles. The van der Waals surface area contributed by atoms with Crippen molar-refractivity contribution in [1.29, 1.82) is 0 Å². The fraction of sp³-hybridized carbons (Fsp3) is 0.500. The third-order valence-corrected chi connectivity index (χ3v) is 10.1. The molecule has 0 radical (unpaired) electrons. The number of benzene rings is 2. The van der Waals surface area contributed by atoms with E-state index >= 15 is 0 Å². The molecule has 2 aromatic rings. The molecular weight excluding hydrogens is 821 g/mol. The summed E-state index contributed by atoms with van der Waals surface area (Å²) in [7, 11) is 0. The van der Waals surface area contributed by atoms with Crippen LogP contribution in [0.1, 0.15) is 63.5 Å². The number of carboxylic acid groups (broad SMARTS) is 2. The largest absolute Gasteiger partial charge is 0.481 e. The number of nitrogens with two attached hydrogens (primary N) is 3. The van der Waals surface area contributed by atoms with Gasteiger partial charge in [-0.15, -0.1) is 0 Å². The van der Waals surface area contributed by atoms with Crippen molar-refractivity contribution in [3.8, 4) is 0 Å². The maximum Gasteiger partial charge on any atom is 0.326 e. The van der Waals surface area contributed by atoms with Crippen molar-refractivity contribution in [2.24, 2.45) is 28.1 Å². The molecule has 0 unspecified atom stereocenters. The Balaban J connectivity index is 1.83. The third kappa shape index (κ3) is 17.0. The maximum absolute atomic E-state index is 14.1. The summed E-state index contributed by atoms with van der Waals surface area (Å²) in [4.78, 5) is 110. The Kier molecular flexibility index (Phi) is 20.4. The zero-order chi connectivity index (χ0) is 46.6. The van der Waals surface area contributed by atoms with Gasteiger partial charge in [-0.25, -0.2) is 4.79 Å². The highest BCUT2D eigenvalue weighted by atomic mass is 16.4. The fourth-order valence-corrected chi connectivity index (χ4v) is 6.93. The van der Waals surface area contributed by atoms with E-state index in [1.54, 1.807) is 74.5 Å². The third-order valence-electron chi connectivity index (χ3n) is 10.1. The van der Waals surface area contributed by atoms with Gasteiger partial charge in [0.05, 0.1) is 19.1 Å². The van der Waals surface area contributed by atoms with Crippen LogP contribution in [-0.4, -0.2) is 136 Å². The van der Waals surface area contributed by atoms with Crippen LogP contribution in [0.15, 0.2) is 65.7 Å². The van der Waals surface area contributed by atoms with Gasteiger partial charge >= 0.3 is 11.9 Å². The number of aliphatic carboxylic acids is 2. The highest BCUT2D eigenvalue weighted by Gasteiger charge is 2.39. The summed E-state index contributed by atoms with van der Waals surface area (Å²) in [5, 5.41) is 42.1. The topological polar surface area (TPSA) is 351 Å². The number of carboxylic acids is 2. The van der Waals surface area contributed by atoms with Gasteiger partial charge in [0, 0.05) is 25.9 Å². The first-order valence-corrected chi connectivity index (χ1v) is 20.7. The van der Waals surface area contributed by atoms with Crippen LogP contribution in [0.2, 0.25) is 0 Å². The van der Waals surface area contributed by atoms with Crippen molar-refractivity contribution in [2.75, 3.05) is 19.7 Å². The standard InChI is InChI=1S/C42H60N10O11/c1-24(2)19-29(36(57)47-28(15-9-17-46-42(44)45)35(56)50-31(41(62)63)21-26-13-7-4-8-14-26)48-37(58)30(20-25-11-5-3-6-12-25)49-38(59)32(23-53)51-39(60)33-16-10-18-52(33)40(61)27(43)22-34(54)55/h3-8,11-14,24,27-33,53H,9-10,15-23,43H2,1-2H3,(H,47,57)(H,48,58)(H,49,59)(H,50,56)(H,51,60)(H,54,55)(H,62,63)(H4,44,45,46)/t27-,28-,29-,30-,31-,32-,33-/m0/s1. The first-order chi connectivity index (χ1) is 29.9. The number of rotatable bonds is 25. The summed E-state index contributed by atoms with van der Waals surface area (Å²) in [6.45, 7) is 2.89. The molecule has 21 heteroatoms. The van der Waals surface area contributed by atoms with Crippen molar-refractivity contribution < 1.29 is 53.7 Å². The molecule has 0 bridgehead atoms. The molecule has 7 atom stereocenters. The summed E-state index contributed by atoms with van der Waals surface area (Å²) in [6.07, 6.45) is 0.0359. The summed E-state index contributed by atoms with van der Waals surface area (Å²) in [6, 6.07) is 7.81. The Morgan fingerprint density at radius 3 is 1.78 bits per heavy atom. The van der Waals surface area contributed by atoms with Crippen molar-refractivity contribution in [3.05, 3.63) is 71.8 Å². The number of carbonyl (C=O) groups is 8. The SMILES string of the molecule is CC(C)C[C@H](NC(=O)[C@H](Cc1ccccc1)NC(=O)[C@H](CO)NC(=O)[C@@H]1CCCN1C(=O)[C@@H](N)CC(=O)O)C(=O)N[C@@H](CCCN=C(N)N)C(=O)N[C@@H](Cc1ccccc1)C(=O)O. The Labute approximate surface area is 365 Å². The number of amides is 6. The van der Waals surface area contributed by atoms with Crippen molar-refractivity contribution in [1.82, 2.24) is 31.5 Å². The number of aliphatic imine (C=N–C) groups is 1. The number of carbonyl (C=O) groups excluding carboxylic acids is 6. The normalized spacial score (nSPS) is 16.3. The number of nitrogens with one attached hydrogen (secondary N) is 5. The molecule has 3 rings (SSSR count). The van der Waals surface area contributed by atoms with Gasteiger partial charge in [0.15, 0.2) is 5.96 Å². The molecule has 0 spiro atoms. The number of nitrogens with zero attached hydrogens (tertiary/aromatic N) is 2. The van der Waals surface area contributed by atoms with Gasteiger partial charge in [0.1, 0.15) is 36.3 Å². The lowest BCUT2D eigenvalue weighted by Crippen LogP contribution is -2.60. The average molecular weight is 881 g/mol. The lowest BCUT2D eigenvalue weighted by molar-refractivity contribution is -0.144. The zero-order valence-electron chi connectivity index (χ0n) is 35.4. The number of guanidine groups is 1. The molecule has 14 N–H and O–H groups in total. The molecule has 344 valence electrons. The van der Waals surface area contributed by atoms with Crippen molar-refractivity contribution in [3.63, 3.8) is 0 Å². The van der Waals surface area contributed by atoms with Crippen LogP contribution in [-0.2, 0) is 51.2 Å². The van der Waals surface area contributed by atoms with Gasteiger partial charge < -0.3 is 64.0 Å². The summed E-state index contributed by atoms with van der Waals surface area (Å²) >= 11 is 0. The Hall–Kier alpha value is -6.61. The van der Waals surface area contributed by atoms with Crippen LogP contribution in [0.25, 0.3) is 0 Å². The minimum absolute atomic E-state index is 0.0166. The molecule has 1 fully saturated rings. The van der Waals surface area contributed by atoms with E-state index in [1.807, 2.05) is 0 Å². The van der Waals surface area contributed by atoms with Gasteiger partial charge in [-0.3, -0.25) is 38.6 Å². The summed E-state index contributed by atoms with van der Waals surface area (Å²) in [5.74, 6) is -7.91. The highest BCUT2D eigenvalue weighted by Crippen LogP contribution is 2.19. The average Bonchev–Trinajstić information content (AvgIpc) is 3.73. The Morgan fingerprint density at radius 2 is 1.24 bits per heavy atom. The van der Waals surface area contributed by atoms with Gasteiger partial charge in [-0.1, -0.05) is 74.5 Å². The molecule has 1 heterocycles. The molecule has 0 aromatic heterocycles. The van der Waals surface area contributed by atoms with Gasteiger partial charge in [-0.2, -0.15) is 0 Å². The van der Waals surface area contributed by atoms with E-state index in [1.165, 1.54) is 0 Å². The fourth-order valence-electron chi connectivity index (χ4n) is 6.93. The molecule has 6 amide bonds. The quantitative estimate of drug-likeness (QED) is 0.0288. The molecule has 1 aliphatic rings. The molecule has 1 aliphatic heterocycles. The number of aliphatic hydroxyl groups is 1. The second kappa shape index (κ2) is 25.4. The number of likely N-dealkylation sites (tertiary alicyclic amines) is 1. The van der Waals surface area contributed by atoms with E-state index in [0.717, 1.165) is 4.90 Å². The molecule has 1 saturated heterocycles. The molecular formula is C42H60N10O11. The summed E-state index contributed by atoms with van der Waals surface area (Å²) in [5.41, 5.74) is 17.9. The van der Waals surface area contributed by atoms with E-state index in [0.29, 0.717) is 17.5 Å². The van der Waals surface area contributed by atoms with E-state index in [4.69, 9.17) is 22.3 Å². The van der Waals surface area contributed by atoms with E-state index in [-0.39, 0.29) is 63.5 Å². The lowest BCUT2D eigenvalue weighted by atomic mass is 10.00. The van der Waals surface area contributed by atoms with Crippen LogP contribution < -0.4 is 43.8 Å². The minimum Gasteiger partial charge on any atom is -0.481 e. The summed E-state index contributed by atoms with van der Waals surface area (Å²) < 4.78 is 0. The van der Waals surface area contributed by atoms with Gasteiger partial charge in [-0.05, 0) is 49.1 Å². The molecule has 0 saturated carbocycles. The Morgan fingerprint density at radius 1 is 0.730 bits per heavy atom. The second-order valence-corrected chi connectivity index (χ2v) is 15.7. The minimum atomic E-state index is -1.60. The van der Waals surface area contributed by atoms with Gasteiger partial charge in [0.2, 0.25) is 35.4 Å². The van der Waals surface area contributed by atoms with E-state index in [2.05, 4.69) is 31.6 Å². The van der Waals surface area contributed by atoms with Gasteiger partial charge in [0.25, 0.3) is 0 Å². The maximum atomic E-state index is 14.1. The molecule has 63 heavy (non-hydrogen) atoms. The second-order valence-electron chi connectivity index (χ2n) is 15.7. The number of hydrogen-bond acceptors (Lipinski definition) is 11. The Bertz CT molecular complexity index is 1910. The smallest absolute Gasteiger partial charge is 0.326 e. The van der Waals surface area contributed by atoms with Crippen LogP contribution in [0.5, 0.6) is 0 Å². The first-order valence-electron chi connectivity index (χ1n) is 20.7.